The number of anilines is 1. The average Bonchev–Trinajstić information content (AvgIpc) is 3.34. The van der Waals surface area contributed by atoms with Crippen LogP contribution in [0.1, 0.15) is 24.0 Å². The normalized spacial score (nSPS) is 22.5. The summed E-state index contributed by atoms with van der Waals surface area (Å²) in [6, 6.07) is 10.8. The molecule has 8 nitrogen and oxygen atoms in total. The molecule has 0 amide bonds. The average molecular weight is 549 g/mol. The number of ether oxygens (including phenoxy) is 2. The van der Waals surface area contributed by atoms with Crippen molar-refractivity contribution in [2.45, 2.75) is 31.5 Å². The highest BCUT2D eigenvalue weighted by atomic mass is 35.5. The topological polar surface area (TPSA) is 94.8 Å². The summed E-state index contributed by atoms with van der Waals surface area (Å²) in [5.74, 6) is 0.178. The number of imidazole rings is 1. The lowest BCUT2D eigenvalue weighted by Gasteiger charge is -2.51. The minimum Gasteiger partial charge on any atom is -0.494 e. The molecule has 2 aliphatic heterocycles. The summed E-state index contributed by atoms with van der Waals surface area (Å²) in [6.07, 6.45) is -2.31. The Hall–Kier alpha value is -3.09. The van der Waals surface area contributed by atoms with E-state index in [4.69, 9.17) is 32.5 Å². The first-order valence-electron chi connectivity index (χ1n) is 12.1. The van der Waals surface area contributed by atoms with Crippen molar-refractivity contribution in [2.24, 2.45) is 11.5 Å². The van der Waals surface area contributed by atoms with Crippen molar-refractivity contribution in [1.29, 1.82) is 0 Å². The van der Waals surface area contributed by atoms with E-state index in [-0.39, 0.29) is 19.1 Å². The number of nitrogens with zero attached hydrogens (tertiary/aromatic N) is 4. The molecule has 0 saturated carbocycles. The molecule has 4 N–H and O–H groups in total. The number of aromatic nitrogens is 2. The van der Waals surface area contributed by atoms with E-state index in [0.29, 0.717) is 23.0 Å². The molecule has 2 aliphatic rings. The number of halogens is 4. The van der Waals surface area contributed by atoms with Crippen LogP contribution in [0.2, 0.25) is 5.15 Å². The first kappa shape index (κ1) is 26.5. The standard InChI is InChI=1S/C26H28ClF3N6O2/c1-3-35-24(31)19-13-38-12-18(15-4-6-16(7-5-15)26(28,29)30)23(19)36(25(35)32)17-8-9-20(21(10-17)37-2)34-11-22(27)33-14-34/h4-11,14,18,24-25H,3,12-13,31-32H2,1-2H3. The highest BCUT2D eigenvalue weighted by Crippen LogP contribution is 2.43. The zero-order chi connectivity index (χ0) is 27.2. The van der Waals surface area contributed by atoms with Gasteiger partial charge in [0, 0.05) is 41.7 Å². The number of nitrogens with two attached hydrogens (primary N) is 2. The predicted octanol–water partition coefficient (Wildman–Crippen LogP) is 4.29. The van der Waals surface area contributed by atoms with Gasteiger partial charge in [-0.1, -0.05) is 30.7 Å². The van der Waals surface area contributed by atoms with E-state index in [9.17, 15) is 13.2 Å². The lowest BCUT2D eigenvalue weighted by molar-refractivity contribution is -0.137. The summed E-state index contributed by atoms with van der Waals surface area (Å²) in [5, 5.41) is 0.346. The molecular formula is C26H28ClF3N6O2. The third-order valence-corrected chi connectivity index (χ3v) is 7.25. The van der Waals surface area contributed by atoms with Crippen molar-refractivity contribution in [3.05, 3.63) is 82.5 Å². The molecule has 5 rings (SSSR count). The predicted molar refractivity (Wildman–Crippen MR) is 138 cm³/mol. The van der Waals surface area contributed by atoms with Crippen LogP contribution in [0.25, 0.3) is 5.69 Å². The highest BCUT2D eigenvalue weighted by Gasteiger charge is 2.43. The Kier molecular flexibility index (Phi) is 7.14. The number of hydrogen-bond acceptors (Lipinski definition) is 7. The smallest absolute Gasteiger partial charge is 0.416 e. The van der Waals surface area contributed by atoms with E-state index in [2.05, 4.69) is 4.98 Å². The highest BCUT2D eigenvalue weighted by molar-refractivity contribution is 6.29. The SMILES string of the molecule is CCN1C(N)C2=C(C(c3ccc(C(F)(F)F)cc3)COC2)N(c2ccc(-n3cnc(Cl)c3)c(OC)c2)C1N. The van der Waals surface area contributed by atoms with Crippen molar-refractivity contribution < 1.29 is 22.6 Å². The Morgan fingerprint density at radius 1 is 1.16 bits per heavy atom. The monoisotopic (exact) mass is 548 g/mol. The number of benzene rings is 2. The summed E-state index contributed by atoms with van der Waals surface area (Å²) >= 11 is 6.01. The number of alkyl halides is 3. The fourth-order valence-corrected chi connectivity index (χ4v) is 5.32. The fourth-order valence-electron chi connectivity index (χ4n) is 5.17. The molecule has 1 aromatic heterocycles. The summed E-state index contributed by atoms with van der Waals surface area (Å²) in [5.41, 5.74) is 16.5. The van der Waals surface area contributed by atoms with E-state index in [0.717, 1.165) is 34.8 Å². The second-order valence-electron chi connectivity index (χ2n) is 9.12. The van der Waals surface area contributed by atoms with Gasteiger partial charge in [0.2, 0.25) is 0 Å². The molecular weight excluding hydrogens is 521 g/mol. The second kappa shape index (κ2) is 10.2. The molecule has 0 bridgehead atoms. The van der Waals surface area contributed by atoms with Gasteiger partial charge in [0.25, 0.3) is 0 Å². The van der Waals surface area contributed by atoms with E-state index in [1.807, 2.05) is 34.9 Å². The van der Waals surface area contributed by atoms with Gasteiger partial charge in [-0.05, 0) is 29.8 Å². The molecule has 3 heterocycles. The molecule has 0 fully saturated rings. The molecule has 3 atom stereocenters. The largest absolute Gasteiger partial charge is 0.494 e. The second-order valence-corrected chi connectivity index (χ2v) is 9.50. The van der Waals surface area contributed by atoms with Gasteiger partial charge >= 0.3 is 6.18 Å². The van der Waals surface area contributed by atoms with Crippen molar-refractivity contribution in [2.75, 3.05) is 31.8 Å². The lowest BCUT2D eigenvalue weighted by atomic mass is 9.87. The quantitative estimate of drug-likeness (QED) is 0.491. The molecule has 0 saturated heterocycles. The minimum atomic E-state index is -4.42. The van der Waals surface area contributed by atoms with Gasteiger partial charge in [0.15, 0.2) is 0 Å². The van der Waals surface area contributed by atoms with E-state index >= 15 is 0 Å². The van der Waals surface area contributed by atoms with Crippen LogP contribution in [-0.2, 0) is 10.9 Å². The van der Waals surface area contributed by atoms with Gasteiger partial charge in [0.05, 0.1) is 37.7 Å². The number of rotatable bonds is 5. The number of hydrogen-bond donors (Lipinski definition) is 2. The van der Waals surface area contributed by atoms with Crippen LogP contribution in [0.15, 0.2) is 66.3 Å². The summed E-state index contributed by atoms with van der Waals surface area (Å²) in [6.45, 7) is 3.10. The molecule has 0 radical (unpaired) electrons. The van der Waals surface area contributed by atoms with Crippen molar-refractivity contribution >= 4 is 17.3 Å². The summed E-state index contributed by atoms with van der Waals surface area (Å²) in [7, 11) is 1.57. The Bertz CT molecular complexity index is 1340. The fraction of sp³-hybridized carbons (Fsp3) is 0.346. The van der Waals surface area contributed by atoms with Gasteiger partial charge < -0.3 is 24.7 Å². The van der Waals surface area contributed by atoms with Crippen LogP contribution in [0.4, 0.5) is 18.9 Å². The molecule has 12 heteroatoms. The molecule has 38 heavy (non-hydrogen) atoms. The van der Waals surface area contributed by atoms with Gasteiger partial charge in [-0.15, -0.1) is 0 Å². The van der Waals surface area contributed by atoms with Gasteiger partial charge in [-0.25, -0.2) is 4.98 Å². The van der Waals surface area contributed by atoms with Crippen LogP contribution in [-0.4, -0.2) is 53.8 Å². The summed E-state index contributed by atoms with van der Waals surface area (Å²) < 4.78 is 53.0. The lowest BCUT2D eigenvalue weighted by Crippen LogP contribution is -2.65. The maximum Gasteiger partial charge on any atom is 0.416 e. The maximum atomic E-state index is 13.2. The molecule has 202 valence electrons. The number of likely N-dealkylation sites (N-methyl/N-ethyl adjacent to an activating group) is 1. The van der Waals surface area contributed by atoms with Gasteiger partial charge in [-0.2, -0.15) is 13.2 Å². The first-order valence-corrected chi connectivity index (χ1v) is 12.4. The zero-order valence-electron chi connectivity index (χ0n) is 20.8. The Morgan fingerprint density at radius 3 is 2.50 bits per heavy atom. The zero-order valence-corrected chi connectivity index (χ0v) is 21.6. The Morgan fingerprint density at radius 2 is 1.89 bits per heavy atom. The van der Waals surface area contributed by atoms with Crippen LogP contribution < -0.4 is 21.1 Å². The van der Waals surface area contributed by atoms with E-state index < -0.39 is 24.2 Å². The number of methoxy groups -OCH3 is 1. The van der Waals surface area contributed by atoms with Crippen molar-refractivity contribution in [1.82, 2.24) is 14.5 Å². The molecule has 3 unspecified atom stereocenters. The van der Waals surface area contributed by atoms with Crippen LogP contribution >= 0.6 is 11.6 Å². The van der Waals surface area contributed by atoms with Crippen molar-refractivity contribution in [3.63, 3.8) is 0 Å². The van der Waals surface area contributed by atoms with Crippen LogP contribution in [0.5, 0.6) is 5.75 Å². The van der Waals surface area contributed by atoms with Gasteiger partial charge in [0.1, 0.15) is 23.5 Å². The van der Waals surface area contributed by atoms with E-state index in [1.54, 1.807) is 24.2 Å². The Balaban J connectivity index is 1.62. The minimum absolute atomic E-state index is 0.273. The van der Waals surface area contributed by atoms with Crippen LogP contribution in [0, 0.1) is 0 Å². The maximum absolute atomic E-state index is 13.2. The first-order chi connectivity index (χ1) is 18.1. The van der Waals surface area contributed by atoms with E-state index in [1.165, 1.54) is 12.1 Å². The molecule has 0 aliphatic carbocycles. The van der Waals surface area contributed by atoms with Gasteiger partial charge in [-0.3, -0.25) is 10.6 Å². The van der Waals surface area contributed by atoms with Crippen LogP contribution in [0.3, 0.4) is 0 Å². The third-order valence-electron chi connectivity index (χ3n) is 7.06. The van der Waals surface area contributed by atoms with Crippen molar-refractivity contribution in [3.8, 4) is 11.4 Å². The third kappa shape index (κ3) is 4.65. The molecule has 0 spiro atoms. The molecule has 3 aromatic rings. The summed E-state index contributed by atoms with van der Waals surface area (Å²) in [4.78, 5) is 7.98. The Labute approximate surface area is 223 Å². The molecule has 2 aromatic carbocycles.